The van der Waals surface area contributed by atoms with E-state index in [1.54, 1.807) is 0 Å². The van der Waals surface area contributed by atoms with E-state index in [1.807, 2.05) is 24.1 Å². The smallest absolute Gasteiger partial charge is 0.319 e. The van der Waals surface area contributed by atoms with Crippen molar-refractivity contribution in [3.8, 4) is 29.0 Å². The number of rotatable bonds is 6. The van der Waals surface area contributed by atoms with Gasteiger partial charge in [-0.1, -0.05) is 41.9 Å². The number of alkyl halides is 1. The van der Waals surface area contributed by atoms with Crippen LogP contribution in [0.5, 0.6) is 11.8 Å². The summed E-state index contributed by atoms with van der Waals surface area (Å²) in [7, 11) is 1.92. The molecular formula is C33H34ClFN6O2. The number of nitrogens with one attached hydrogen (secondary N) is 1. The Kier molecular flexibility index (Phi) is 7.68. The van der Waals surface area contributed by atoms with Crippen LogP contribution in [0.1, 0.15) is 24.8 Å². The molecule has 0 spiro atoms. The third-order valence-corrected chi connectivity index (χ3v) is 9.22. The van der Waals surface area contributed by atoms with Crippen molar-refractivity contribution in [2.75, 3.05) is 51.3 Å². The predicted octanol–water partition coefficient (Wildman–Crippen LogP) is 5.54. The fourth-order valence-corrected chi connectivity index (χ4v) is 7.07. The highest BCUT2D eigenvalue weighted by atomic mass is 35.5. The van der Waals surface area contributed by atoms with Crippen molar-refractivity contribution < 1.29 is 13.9 Å². The van der Waals surface area contributed by atoms with E-state index in [0.29, 0.717) is 44.2 Å². The number of likely N-dealkylation sites (N-methyl/N-ethyl adjacent to an activating group) is 1. The van der Waals surface area contributed by atoms with Crippen molar-refractivity contribution in [3.63, 3.8) is 0 Å². The summed E-state index contributed by atoms with van der Waals surface area (Å²) in [5.41, 5.74) is 3.91. The van der Waals surface area contributed by atoms with Crippen molar-refractivity contribution in [3.05, 3.63) is 53.1 Å². The largest absolute Gasteiger partial charge is 0.492 e. The molecule has 0 unspecified atom stereocenters. The first-order chi connectivity index (χ1) is 21.0. The zero-order valence-corrected chi connectivity index (χ0v) is 24.9. The van der Waals surface area contributed by atoms with Gasteiger partial charge in [-0.15, -0.1) is 0 Å². The summed E-state index contributed by atoms with van der Waals surface area (Å²) in [6, 6.07) is 16.9. The maximum atomic E-state index is 14.1. The van der Waals surface area contributed by atoms with Gasteiger partial charge in [0, 0.05) is 54.2 Å². The SMILES string of the molecule is CN1C[C@H](F)C[C@H]1COc1nc(N2CCN[C@@H](CC#N)C2)c2c3c(c(-c4cccc5cccc(Cl)c45)cc2n1)CCCO3. The lowest BCUT2D eigenvalue weighted by atomic mass is 9.89. The Morgan fingerprint density at radius 3 is 2.84 bits per heavy atom. The van der Waals surface area contributed by atoms with Crippen LogP contribution in [0.3, 0.4) is 0 Å². The van der Waals surface area contributed by atoms with Crippen LogP contribution >= 0.6 is 11.6 Å². The van der Waals surface area contributed by atoms with Crippen LogP contribution in [-0.2, 0) is 6.42 Å². The number of halogens is 2. The van der Waals surface area contributed by atoms with Crippen molar-refractivity contribution in [2.24, 2.45) is 0 Å². The van der Waals surface area contributed by atoms with Gasteiger partial charge < -0.3 is 19.7 Å². The molecule has 43 heavy (non-hydrogen) atoms. The van der Waals surface area contributed by atoms with Crippen LogP contribution in [0.15, 0.2) is 42.5 Å². The van der Waals surface area contributed by atoms with E-state index in [-0.39, 0.29) is 18.1 Å². The molecule has 8 nitrogen and oxygen atoms in total. The van der Waals surface area contributed by atoms with E-state index in [9.17, 15) is 9.65 Å². The molecule has 4 aromatic rings. The summed E-state index contributed by atoms with van der Waals surface area (Å²) in [5.74, 6) is 1.55. The average molecular weight is 601 g/mol. The van der Waals surface area contributed by atoms with Crippen molar-refractivity contribution in [1.29, 1.82) is 5.26 Å². The Hall–Kier alpha value is -3.71. The van der Waals surface area contributed by atoms with Crippen LogP contribution < -0.4 is 19.7 Å². The summed E-state index contributed by atoms with van der Waals surface area (Å²) < 4.78 is 26.8. The van der Waals surface area contributed by atoms with Gasteiger partial charge in [-0.25, -0.2) is 4.39 Å². The zero-order valence-electron chi connectivity index (χ0n) is 24.2. The van der Waals surface area contributed by atoms with Crippen LogP contribution in [0, 0.1) is 11.3 Å². The number of nitriles is 1. The number of fused-ring (bicyclic) bond motifs is 4. The Bertz CT molecular complexity index is 1720. The first kappa shape index (κ1) is 28.1. The molecule has 4 heterocycles. The van der Waals surface area contributed by atoms with E-state index >= 15 is 0 Å². The molecule has 0 bridgehead atoms. The fourth-order valence-electron chi connectivity index (χ4n) is 6.79. The second kappa shape index (κ2) is 11.8. The third-order valence-electron chi connectivity index (χ3n) is 8.90. The van der Waals surface area contributed by atoms with Crippen molar-refractivity contribution >= 4 is 39.1 Å². The minimum absolute atomic E-state index is 0.0237. The number of nitrogens with zero attached hydrogens (tertiary/aromatic N) is 5. The number of aromatic nitrogens is 2. The number of benzene rings is 3. The van der Waals surface area contributed by atoms with Gasteiger partial charge in [0.15, 0.2) is 0 Å². The highest BCUT2D eigenvalue weighted by molar-refractivity contribution is 6.36. The molecular weight excluding hydrogens is 567 g/mol. The lowest BCUT2D eigenvalue weighted by Crippen LogP contribution is -2.51. The van der Waals surface area contributed by atoms with Gasteiger partial charge in [-0.05, 0) is 55.0 Å². The molecule has 3 aromatic carbocycles. The third kappa shape index (κ3) is 5.33. The summed E-state index contributed by atoms with van der Waals surface area (Å²) in [6.45, 7) is 3.39. The number of ether oxygens (including phenoxy) is 2. The summed E-state index contributed by atoms with van der Waals surface area (Å²) in [5, 5.41) is 16.4. The lowest BCUT2D eigenvalue weighted by molar-refractivity contribution is 0.188. The second-order valence-electron chi connectivity index (χ2n) is 11.7. The van der Waals surface area contributed by atoms with Gasteiger partial charge in [-0.2, -0.15) is 15.2 Å². The number of likely N-dealkylation sites (tertiary alicyclic amines) is 1. The molecule has 10 heteroatoms. The topological polar surface area (TPSA) is 86.5 Å². The minimum atomic E-state index is -0.858. The van der Waals surface area contributed by atoms with E-state index in [4.69, 9.17) is 31.0 Å². The molecule has 2 saturated heterocycles. The van der Waals surface area contributed by atoms with E-state index in [2.05, 4.69) is 46.6 Å². The molecule has 3 aliphatic rings. The Labute approximate surface area is 255 Å². The second-order valence-corrected chi connectivity index (χ2v) is 12.2. The van der Waals surface area contributed by atoms with E-state index < -0.39 is 6.17 Å². The quantitative estimate of drug-likeness (QED) is 0.309. The van der Waals surface area contributed by atoms with Crippen LogP contribution in [0.25, 0.3) is 32.8 Å². The maximum Gasteiger partial charge on any atom is 0.319 e. The van der Waals surface area contributed by atoms with E-state index in [0.717, 1.165) is 75.9 Å². The van der Waals surface area contributed by atoms with Crippen LogP contribution in [0.2, 0.25) is 5.02 Å². The van der Waals surface area contributed by atoms with Gasteiger partial charge in [-0.3, -0.25) is 4.90 Å². The van der Waals surface area contributed by atoms with Gasteiger partial charge >= 0.3 is 6.01 Å². The van der Waals surface area contributed by atoms with E-state index in [1.165, 1.54) is 0 Å². The van der Waals surface area contributed by atoms with Gasteiger partial charge in [0.25, 0.3) is 0 Å². The molecule has 0 amide bonds. The molecule has 0 aliphatic carbocycles. The first-order valence-electron chi connectivity index (χ1n) is 15.0. The molecule has 2 fully saturated rings. The maximum absolute atomic E-state index is 14.1. The normalized spacial score (nSPS) is 22.4. The summed E-state index contributed by atoms with van der Waals surface area (Å²) in [4.78, 5) is 14.1. The number of piperazine rings is 1. The van der Waals surface area contributed by atoms with Crippen molar-refractivity contribution in [2.45, 2.75) is 43.9 Å². The highest BCUT2D eigenvalue weighted by Crippen LogP contribution is 2.46. The minimum Gasteiger partial charge on any atom is -0.492 e. The van der Waals surface area contributed by atoms with Crippen molar-refractivity contribution in [1.82, 2.24) is 20.2 Å². The predicted molar refractivity (Wildman–Crippen MR) is 167 cm³/mol. The molecule has 7 rings (SSSR count). The molecule has 1 aromatic heterocycles. The number of anilines is 1. The Morgan fingerprint density at radius 1 is 1.16 bits per heavy atom. The number of hydrogen-bond donors (Lipinski definition) is 1. The zero-order chi connectivity index (χ0) is 29.5. The Balaban J connectivity index is 1.40. The lowest BCUT2D eigenvalue weighted by Gasteiger charge is -2.35. The van der Waals surface area contributed by atoms with Gasteiger partial charge in [0.2, 0.25) is 0 Å². The van der Waals surface area contributed by atoms with Gasteiger partial charge in [0.1, 0.15) is 24.3 Å². The van der Waals surface area contributed by atoms with Crippen LogP contribution in [0.4, 0.5) is 10.2 Å². The average Bonchev–Trinajstić information content (AvgIpc) is 3.35. The molecule has 3 aliphatic heterocycles. The Morgan fingerprint density at radius 2 is 2.02 bits per heavy atom. The molecule has 3 atom stereocenters. The molecule has 222 valence electrons. The standard InChI is InChI=1S/C33H34ClFN6O2/c1-40-17-21(35)15-23(40)19-43-33-38-28-16-26(24-7-2-5-20-6-3-9-27(34)29(20)24)25-8-4-14-42-31(25)30(28)32(39-33)41-13-12-37-22(18-41)10-11-36/h2-3,5-7,9,16,21-23,37H,4,8,10,12-15,17-19H2,1H3/t21-,22+,23+/m1/s1. The summed E-state index contributed by atoms with van der Waals surface area (Å²) in [6.07, 6.45) is 1.74. The fraction of sp³-hybridized carbons (Fsp3) is 0.424. The summed E-state index contributed by atoms with van der Waals surface area (Å²) >= 11 is 6.79. The number of hydrogen-bond acceptors (Lipinski definition) is 8. The molecule has 0 saturated carbocycles. The van der Waals surface area contributed by atoms with Gasteiger partial charge in [0.05, 0.1) is 30.0 Å². The highest BCUT2D eigenvalue weighted by Gasteiger charge is 2.32. The first-order valence-corrected chi connectivity index (χ1v) is 15.4. The molecule has 0 radical (unpaired) electrons. The molecule has 1 N–H and O–H groups in total. The van der Waals surface area contributed by atoms with Crippen LogP contribution in [-0.4, -0.2) is 79.6 Å². The monoisotopic (exact) mass is 600 g/mol.